The van der Waals surface area contributed by atoms with Gasteiger partial charge in [0.15, 0.2) is 0 Å². The number of benzene rings is 2. The minimum Gasteiger partial charge on any atom is -0.359 e. The van der Waals surface area contributed by atoms with E-state index in [0.29, 0.717) is 29.0 Å². The Hall–Kier alpha value is -3.29. The molecule has 8 heteroatoms. The standard InChI is InChI=1S/C23H23ClN6O/c1-3-29(19-8-6-5-7-9-19)23-25-15-14-20(26-23)22-21(17-10-12-18(24)13-11-17)27-28-30(22)16-31-4-2/h5-15H,3-4,16H2,1-2H3. The molecule has 0 bridgehead atoms. The van der Waals surface area contributed by atoms with Crippen molar-refractivity contribution in [3.05, 3.63) is 71.9 Å². The van der Waals surface area contributed by atoms with E-state index >= 15 is 0 Å². The van der Waals surface area contributed by atoms with E-state index in [1.807, 2.05) is 67.6 Å². The maximum atomic E-state index is 6.07. The molecule has 0 aliphatic rings. The third-order valence-corrected chi connectivity index (χ3v) is 5.03. The number of anilines is 2. The zero-order valence-electron chi connectivity index (χ0n) is 17.4. The summed E-state index contributed by atoms with van der Waals surface area (Å²) in [5.41, 5.74) is 4.13. The minimum atomic E-state index is 0.280. The SMILES string of the molecule is CCOCn1nnc(-c2ccc(Cl)cc2)c1-c1ccnc(N(CC)c2ccccc2)n1. The van der Waals surface area contributed by atoms with Crippen molar-refractivity contribution >= 4 is 23.2 Å². The summed E-state index contributed by atoms with van der Waals surface area (Å²) in [7, 11) is 0. The van der Waals surface area contributed by atoms with Gasteiger partial charge in [0.25, 0.3) is 0 Å². The van der Waals surface area contributed by atoms with Crippen molar-refractivity contribution in [2.75, 3.05) is 18.1 Å². The van der Waals surface area contributed by atoms with Crippen molar-refractivity contribution in [1.29, 1.82) is 0 Å². The number of hydrogen-bond acceptors (Lipinski definition) is 6. The Labute approximate surface area is 186 Å². The summed E-state index contributed by atoms with van der Waals surface area (Å²) in [4.78, 5) is 11.4. The van der Waals surface area contributed by atoms with Crippen LogP contribution in [0.15, 0.2) is 66.9 Å². The number of nitrogens with zero attached hydrogens (tertiary/aromatic N) is 6. The second-order valence-electron chi connectivity index (χ2n) is 6.74. The Morgan fingerprint density at radius 3 is 2.48 bits per heavy atom. The largest absolute Gasteiger partial charge is 0.359 e. The summed E-state index contributed by atoms with van der Waals surface area (Å²) in [6.07, 6.45) is 1.76. The lowest BCUT2D eigenvalue weighted by Gasteiger charge is -2.21. The molecule has 0 spiro atoms. The van der Waals surface area contributed by atoms with Crippen molar-refractivity contribution in [2.45, 2.75) is 20.6 Å². The topological polar surface area (TPSA) is 69.0 Å². The number of aromatic nitrogens is 5. The first-order valence-corrected chi connectivity index (χ1v) is 10.5. The first-order valence-electron chi connectivity index (χ1n) is 10.1. The van der Waals surface area contributed by atoms with Gasteiger partial charge < -0.3 is 9.64 Å². The normalized spacial score (nSPS) is 10.9. The molecule has 4 rings (SSSR count). The summed E-state index contributed by atoms with van der Waals surface area (Å²) in [5, 5.41) is 9.40. The van der Waals surface area contributed by atoms with E-state index in [0.717, 1.165) is 23.5 Å². The van der Waals surface area contributed by atoms with E-state index in [4.69, 9.17) is 21.3 Å². The molecule has 0 amide bonds. The molecule has 2 heterocycles. The Morgan fingerprint density at radius 2 is 1.77 bits per heavy atom. The van der Waals surface area contributed by atoms with Crippen LogP contribution in [-0.2, 0) is 11.5 Å². The van der Waals surface area contributed by atoms with E-state index in [-0.39, 0.29) is 6.73 Å². The Bertz CT molecular complexity index is 1130. The molecule has 2 aromatic heterocycles. The molecule has 0 aliphatic carbocycles. The Kier molecular flexibility index (Phi) is 6.54. The monoisotopic (exact) mass is 434 g/mol. The highest BCUT2D eigenvalue weighted by Crippen LogP contribution is 2.31. The van der Waals surface area contributed by atoms with Crippen LogP contribution in [0.5, 0.6) is 0 Å². The molecule has 0 atom stereocenters. The molecule has 0 saturated heterocycles. The van der Waals surface area contributed by atoms with Gasteiger partial charge in [-0.15, -0.1) is 5.10 Å². The van der Waals surface area contributed by atoms with Gasteiger partial charge in [-0.05, 0) is 44.2 Å². The van der Waals surface area contributed by atoms with Crippen LogP contribution in [0.2, 0.25) is 5.02 Å². The van der Waals surface area contributed by atoms with Crippen LogP contribution < -0.4 is 4.90 Å². The highest BCUT2D eigenvalue weighted by molar-refractivity contribution is 6.30. The van der Waals surface area contributed by atoms with Gasteiger partial charge in [0.2, 0.25) is 5.95 Å². The molecule has 7 nitrogen and oxygen atoms in total. The lowest BCUT2D eigenvalue weighted by atomic mass is 10.1. The lowest BCUT2D eigenvalue weighted by Crippen LogP contribution is -2.19. The minimum absolute atomic E-state index is 0.280. The third kappa shape index (κ3) is 4.57. The summed E-state index contributed by atoms with van der Waals surface area (Å²) in [6, 6.07) is 19.5. The van der Waals surface area contributed by atoms with Gasteiger partial charge in [-0.1, -0.05) is 47.1 Å². The van der Waals surface area contributed by atoms with Crippen molar-refractivity contribution in [3.63, 3.8) is 0 Å². The molecule has 158 valence electrons. The highest BCUT2D eigenvalue weighted by Gasteiger charge is 2.20. The maximum Gasteiger partial charge on any atom is 0.230 e. The number of halogens is 1. The Balaban J connectivity index is 1.80. The fourth-order valence-corrected chi connectivity index (χ4v) is 3.42. The molecule has 0 aliphatic heterocycles. The molecule has 0 N–H and O–H groups in total. The van der Waals surface area contributed by atoms with E-state index < -0.39 is 0 Å². The van der Waals surface area contributed by atoms with Crippen LogP contribution >= 0.6 is 11.6 Å². The summed E-state index contributed by atoms with van der Waals surface area (Å²) >= 11 is 6.07. The van der Waals surface area contributed by atoms with Gasteiger partial charge in [0.1, 0.15) is 18.1 Å². The van der Waals surface area contributed by atoms with E-state index in [9.17, 15) is 0 Å². The third-order valence-electron chi connectivity index (χ3n) is 4.78. The van der Waals surface area contributed by atoms with E-state index in [2.05, 4.69) is 27.1 Å². The van der Waals surface area contributed by atoms with Gasteiger partial charge in [0.05, 0.1) is 5.69 Å². The van der Waals surface area contributed by atoms with Crippen LogP contribution in [0, 0.1) is 0 Å². The first kappa shape index (κ1) is 21.0. The van der Waals surface area contributed by atoms with Crippen LogP contribution in [0.1, 0.15) is 13.8 Å². The first-order chi connectivity index (χ1) is 15.2. The molecule has 4 aromatic rings. The smallest absolute Gasteiger partial charge is 0.230 e. The zero-order valence-corrected chi connectivity index (χ0v) is 18.2. The van der Waals surface area contributed by atoms with Crippen LogP contribution in [0.25, 0.3) is 22.6 Å². The molecule has 0 radical (unpaired) electrons. The molecule has 0 saturated carbocycles. The molecule has 31 heavy (non-hydrogen) atoms. The van der Waals surface area contributed by atoms with Gasteiger partial charge >= 0.3 is 0 Å². The molecular weight excluding hydrogens is 412 g/mol. The molecule has 2 aromatic carbocycles. The van der Waals surface area contributed by atoms with Crippen molar-refractivity contribution in [2.24, 2.45) is 0 Å². The number of rotatable bonds is 8. The van der Waals surface area contributed by atoms with Crippen molar-refractivity contribution in [3.8, 4) is 22.6 Å². The van der Waals surface area contributed by atoms with Crippen LogP contribution in [0.3, 0.4) is 0 Å². The van der Waals surface area contributed by atoms with Gasteiger partial charge in [-0.2, -0.15) is 0 Å². The predicted molar refractivity (Wildman–Crippen MR) is 122 cm³/mol. The van der Waals surface area contributed by atoms with Crippen molar-refractivity contribution < 1.29 is 4.74 Å². The number of ether oxygens (including phenoxy) is 1. The number of hydrogen-bond donors (Lipinski definition) is 0. The maximum absolute atomic E-state index is 6.07. The molecule has 0 fully saturated rings. The second kappa shape index (κ2) is 9.68. The quantitative estimate of drug-likeness (QED) is 0.379. The zero-order chi connectivity index (χ0) is 21.6. The van der Waals surface area contributed by atoms with Crippen molar-refractivity contribution in [1.82, 2.24) is 25.0 Å². The second-order valence-corrected chi connectivity index (χ2v) is 7.17. The molecule has 0 unspecified atom stereocenters. The molecular formula is C23H23ClN6O. The van der Waals surface area contributed by atoms with Gasteiger partial charge in [-0.3, -0.25) is 0 Å². The summed E-state index contributed by atoms with van der Waals surface area (Å²) in [5.74, 6) is 0.609. The summed E-state index contributed by atoms with van der Waals surface area (Å²) < 4.78 is 7.32. The van der Waals surface area contributed by atoms with Gasteiger partial charge in [0, 0.05) is 35.6 Å². The van der Waals surface area contributed by atoms with E-state index in [1.54, 1.807) is 10.9 Å². The van der Waals surface area contributed by atoms with Gasteiger partial charge in [-0.25, -0.2) is 14.6 Å². The van der Waals surface area contributed by atoms with Crippen LogP contribution in [-0.4, -0.2) is 38.1 Å². The van der Waals surface area contributed by atoms with Crippen LogP contribution in [0.4, 0.5) is 11.6 Å². The fraction of sp³-hybridized carbons (Fsp3) is 0.217. The predicted octanol–water partition coefficient (Wildman–Crippen LogP) is 5.21. The summed E-state index contributed by atoms with van der Waals surface area (Å²) in [6.45, 7) is 5.60. The Morgan fingerprint density at radius 1 is 1.00 bits per heavy atom. The highest BCUT2D eigenvalue weighted by atomic mass is 35.5. The fourth-order valence-electron chi connectivity index (χ4n) is 3.29. The van der Waals surface area contributed by atoms with E-state index in [1.165, 1.54) is 0 Å². The number of para-hydroxylation sites is 1. The average Bonchev–Trinajstić information content (AvgIpc) is 3.23. The lowest BCUT2D eigenvalue weighted by molar-refractivity contribution is 0.0790. The average molecular weight is 435 g/mol.